The van der Waals surface area contributed by atoms with Crippen molar-refractivity contribution < 1.29 is 4.92 Å². The van der Waals surface area contributed by atoms with Crippen LogP contribution < -0.4 is 5.32 Å². The van der Waals surface area contributed by atoms with Crippen LogP contribution in [-0.4, -0.2) is 31.4 Å². The summed E-state index contributed by atoms with van der Waals surface area (Å²) in [6.45, 7) is 2.51. The Morgan fingerprint density at radius 3 is 2.78 bits per heavy atom. The van der Waals surface area contributed by atoms with Crippen LogP contribution in [0.15, 0.2) is 12.4 Å². The van der Waals surface area contributed by atoms with Crippen molar-refractivity contribution in [2.75, 3.05) is 11.9 Å². The second kappa shape index (κ2) is 6.72. The summed E-state index contributed by atoms with van der Waals surface area (Å²) < 4.78 is 0. The number of aryl methyl sites for hydroxylation is 1. The molecule has 0 spiro atoms. The maximum Gasteiger partial charge on any atom is 0.308 e. The SMILES string of the molecule is Cc1nc(-c2cnc(NCC3CCCCC3)[nH]2)ncc1[N+](=O)[O-]. The molecule has 2 N–H and O–H groups in total. The fraction of sp³-hybridized carbons (Fsp3) is 0.533. The van der Waals surface area contributed by atoms with Crippen LogP contribution in [0.2, 0.25) is 0 Å². The number of rotatable bonds is 5. The summed E-state index contributed by atoms with van der Waals surface area (Å²) in [6.07, 6.45) is 9.38. The standard InChI is InChI=1S/C15H20N6O2/c1-10-13(21(22)23)9-16-14(19-10)12-8-18-15(20-12)17-7-11-5-3-2-4-6-11/h8-9,11H,2-7H2,1H3,(H2,17,18,20). The van der Waals surface area contributed by atoms with Crippen molar-refractivity contribution in [3.05, 3.63) is 28.2 Å². The van der Waals surface area contributed by atoms with Gasteiger partial charge in [0.2, 0.25) is 5.95 Å². The first-order valence-corrected chi connectivity index (χ1v) is 7.91. The van der Waals surface area contributed by atoms with Gasteiger partial charge in [-0.05, 0) is 25.7 Å². The minimum absolute atomic E-state index is 0.0797. The average Bonchev–Trinajstić information content (AvgIpc) is 3.02. The van der Waals surface area contributed by atoms with Crippen LogP contribution >= 0.6 is 0 Å². The van der Waals surface area contributed by atoms with Crippen LogP contribution in [-0.2, 0) is 0 Å². The zero-order valence-corrected chi connectivity index (χ0v) is 13.1. The quantitative estimate of drug-likeness (QED) is 0.648. The van der Waals surface area contributed by atoms with Gasteiger partial charge in [-0.3, -0.25) is 10.1 Å². The van der Waals surface area contributed by atoms with Crippen LogP contribution in [0, 0.1) is 23.0 Å². The van der Waals surface area contributed by atoms with E-state index in [1.54, 1.807) is 13.1 Å². The molecule has 23 heavy (non-hydrogen) atoms. The smallest absolute Gasteiger partial charge is 0.308 e. The lowest BCUT2D eigenvalue weighted by molar-refractivity contribution is -0.386. The number of nitrogens with zero attached hydrogens (tertiary/aromatic N) is 4. The molecule has 3 rings (SSSR count). The molecular weight excluding hydrogens is 296 g/mol. The highest BCUT2D eigenvalue weighted by Gasteiger charge is 2.16. The minimum atomic E-state index is -0.483. The van der Waals surface area contributed by atoms with Gasteiger partial charge in [-0.15, -0.1) is 0 Å². The van der Waals surface area contributed by atoms with E-state index in [2.05, 4.69) is 25.3 Å². The molecule has 1 aliphatic rings. The van der Waals surface area contributed by atoms with Crippen molar-refractivity contribution in [1.82, 2.24) is 19.9 Å². The Kier molecular flexibility index (Phi) is 4.50. The molecule has 8 heteroatoms. The molecule has 2 aromatic heterocycles. The number of H-pyrrole nitrogens is 1. The van der Waals surface area contributed by atoms with Crippen LogP contribution in [0.4, 0.5) is 11.6 Å². The Morgan fingerprint density at radius 2 is 2.09 bits per heavy atom. The van der Waals surface area contributed by atoms with Gasteiger partial charge in [0.25, 0.3) is 0 Å². The van der Waals surface area contributed by atoms with E-state index in [1.165, 1.54) is 38.3 Å². The van der Waals surface area contributed by atoms with Crippen molar-refractivity contribution in [2.45, 2.75) is 39.0 Å². The summed E-state index contributed by atoms with van der Waals surface area (Å²) in [4.78, 5) is 26.0. The van der Waals surface area contributed by atoms with E-state index in [1.807, 2.05) is 0 Å². The first-order valence-electron chi connectivity index (χ1n) is 7.91. The summed E-state index contributed by atoms with van der Waals surface area (Å²) in [5.74, 6) is 1.80. The van der Waals surface area contributed by atoms with Gasteiger partial charge in [0.15, 0.2) is 5.82 Å². The molecule has 1 fully saturated rings. The van der Waals surface area contributed by atoms with Crippen molar-refractivity contribution in [3.63, 3.8) is 0 Å². The summed E-state index contributed by atoms with van der Waals surface area (Å²) in [7, 11) is 0. The van der Waals surface area contributed by atoms with Gasteiger partial charge in [-0.1, -0.05) is 19.3 Å². The number of imidazole rings is 1. The zero-order valence-electron chi connectivity index (χ0n) is 13.1. The molecule has 0 radical (unpaired) electrons. The largest absolute Gasteiger partial charge is 0.356 e. The number of aromatic amines is 1. The van der Waals surface area contributed by atoms with Crippen LogP contribution in [0.5, 0.6) is 0 Å². The molecule has 0 unspecified atom stereocenters. The Morgan fingerprint density at radius 1 is 1.30 bits per heavy atom. The predicted molar refractivity (Wildman–Crippen MR) is 86.1 cm³/mol. The number of nitrogens with one attached hydrogen (secondary N) is 2. The molecule has 1 saturated carbocycles. The van der Waals surface area contributed by atoms with Crippen LogP contribution in [0.25, 0.3) is 11.5 Å². The Balaban J connectivity index is 1.66. The Hall–Kier alpha value is -2.51. The maximum absolute atomic E-state index is 10.8. The molecule has 1 aliphatic carbocycles. The number of hydrogen-bond donors (Lipinski definition) is 2. The van der Waals surface area contributed by atoms with Crippen molar-refractivity contribution in [3.8, 4) is 11.5 Å². The van der Waals surface area contributed by atoms with Gasteiger partial charge in [0.05, 0.1) is 11.1 Å². The zero-order chi connectivity index (χ0) is 16.2. The average molecular weight is 316 g/mol. The molecular formula is C15H20N6O2. The maximum atomic E-state index is 10.8. The Labute approximate surface area is 133 Å². The molecule has 0 amide bonds. The highest BCUT2D eigenvalue weighted by molar-refractivity contribution is 5.53. The normalized spacial score (nSPS) is 15.5. The molecule has 122 valence electrons. The van der Waals surface area contributed by atoms with E-state index in [9.17, 15) is 10.1 Å². The first-order chi connectivity index (χ1) is 11.1. The van der Waals surface area contributed by atoms with E-state index in [0.29, 0.717) is 29.1 Å². The van der Waals surface area contributed by atoms with Crippen molar-refractivity contribution in [1.29, 1.82) is 0 Å². The van der Waals surface area contributed by atoms with Gasteiger partial charge < -0.3 is 10.3 Å². The third kappa shape index (κ3) is 3.64. The fourth-order valence-corrected chi connectivity index (χ4v) is 2.93. The van der Waals surface area contributed by atoms with E-state index >= 15 is 0 Å². The van der Waals surface area contributed by atoms with Gasteiger partial charge in [0, 0.05) is 6.54 Å². The van der Waals surface area contributed by atoms with E-state index in [-0.39, 0.29) is 5.69 Å². The van der Waals surface area contributed by atoms with Crippen molar-refractivity contribution >= 4 is 11.6 Å². The number of anilines is 1. The molecule has 0 saturated heterocycles. The minimum Gasteiger partial charge on any atom is -0.356 e. The molecule has 0 aromatic carbocycles. The lowest BCUT2D eigenvalue weighted by atomic mass is 9.89. The second-order valence-electron chi connectivity index (χ2n) is 5.95. The van der Waals surface area contributed by atoms with Crippen molar-refractivity contribution in [2.24, 2.45) is 5.92 Å². The van der Waals surface area contributed by atoms with Crippen LogP contribution in [0.3, 0.4) is 0 Å². The number of hydrogen-bond acceptors (Lipinski definition) is 6. The van der Waals surface area contributed by atoms with Gasteiger partial charge in [-0.2, -0.15) is 0 Å². The molecule has 2 aromatic rings. The van der Waals surface area contributed by atoms with Crippen LogP contribution in [0.1, 0.15) is 37.8 Å². The predicted octanol–water partition coefficient (Wildman–Crippen LogP) is 3.08. The van der Waals surface area contributed by atoms with E-state index in [0.717, 1.165) is 6.54 Å². The highest BCUT2D eigenvalue weighted by Crippen LogP contribution is 2.24. The molecule has 2 heterocycles. The van der Waals surface area contributed by atoms with Gasteiger partial charge >= 0.3 is 5.69 Å². The lowest BCUT2D eigenvalue weighted by Gasteiger charge is -2.21. The Bertz CT molecular complexity index is 693. The summed E-state index contributed by atoms with van der Waals surface area (Å²) in [5, 5.41) is 14.1. The van der Waals surface area contributed by atoms with Gasteiger partial charge in [-0.25, -0.2) is 15.0 Å². The van der Waals surface area contributed by atoms with Gasteiger partial charge in [0.1, 0.15) is 17.6 Å². The molecule has 0 atom stereocenters. The number of nitro groups is 1. The summed E-state index contributed by atoms with van der Waals surface area (Å²) in [5.41, 5.74) is 0.907. The summed E-state index contributed by atoms with van der Waals surface area (Å²) in [6, 6.07) is 0. The molecule has 0 aliphatic heterocycles. The van der Waals surface area contributed by atoms with E-state index < -0.39 is 4.92 Å². The lowest BCUT2D eigenvalue weighted by Crippen LogP contribution is -2.17. The monoisotopic (exact) mass is 316 g/mol. The summed E-state index contributed by atoms with van der Waals surface area (Å²) >= 11 is 0. The fourth-order valence-electron chi connectivity index (χ4n) is 2.93. The number of aromatic nitrogens is 4. The van der Waals surface area contributed by atoms with E-state index in [4.69, 9.17) is 0 Å². The molecule has 0 bridgehead atoms. The first kappa shape index (κ1) is 15.4. The molecule has 8 nitrogen and oxygen atoms in total. The highest BCUT2D eigenvalue weighted by atomic mass is 16.6. The second-order valence-corrected chi connectivity index (χ2v) is 5.95. The third-order valence-corrected chi connectivity index (χ3v) is 4.25. The third-order valence-electron chi connectivity index (χ3n) is 4.25. The topological polar surface area (TPSA) is 110 Å².